The summed E-state index contributed by atoms with van der Waals surface area (Å²) >= 11 is 0. The maximum Gasteiger partial charge on any atom is 0.125 e. The van der Waals surface area contributed by atoms with E-state index < -0.39 is 0 Å². The van der Waals surface area contributed by atoms with Gasteiger partial charge in [-0.1, -0.05) is 25.1 Å². The van der Waals surface area contributed by atoms with Crippen molar-refractivity contribution in [2.75, 3.05) is 23.7 Å². The molecule has 1 aliphatic heterocycles. The zero-order valence-electron chi connectivity index (χ0n) is 12.3. The fourth-order valence-electron chi connectivity index (χ4n) is 2.99. The predicted molar refractivity (Wildman–Crippen MR) is 86.2 cm³/mol. The fourth-order valence-corrected chi connectivity index (χ4v) is 2.99. The van der Waals surface area contributed by atoms with Crippen LogP contribution in [0.5, 0.6) is 0 Å². The first-order valence-electron chi connectivity index (χ1n) is 7.52. The lowest BCUT2D eigenvalue weighted by atomic mass is 9.97. The third-order valence-corrected chi connectivity index (χ3v) is 4.38. The summed E-state index contributed by atoms with van der Waals surface area (Å²) < 4.78 is 13.4. The third kappa shape index (κ3) is 3.02. The smallest absolute Gasteiger partial charge is 0.125 e. The molecule has 0 saturated carbocycles. The second kappa shape index (κ2) is 5.76. The highest BCUT2D eigenvalue weighted by atomic mass is 19.1. The Morgan fingerprint density at radius 2 is 1.95 bits per heavy atom. The maximum absolute atomic E-state index is 13.4. The highest BCUT2D eigenvalue weighted by Crippen LogP contribution is 2.30. The summed E-state index contributed by atoms with van der Waals surface area (Å²) in [6.07, 6.45) is 2.08. The summed E-state index contributed by atoms with van der Waals surface area (Å²) in [6.45, 7) is 4.18. The van der Waals surface area contributed by atoms with Gasteiger partial charge in [0.1, 0.15) is 5.82 Å². The normalized spacial score (nSPS) is 15.0. The molecule has 0 aliphatic carbocycles. The van der Waals surface area contributed by atoms with Crippen molar-refractivity contribution in [3.8, 4) is 0 Å². The minimum atomic E-state index is -0.146. The van der Waals surface area contributed by atoms with Crippen LogP contribution in [0.25, 0.3) is 0 Å². The van der Waals surface area contributed by atoms with Crippen molar-refractivity contribution in [3.63, 3.8) is 0 Å². The molecule has 1 atom stereocenters. The fraction of sp³-hybridized carbons (Fsp3) is 0.333. The Kier molecular flexibility index (Phi) is 3.82. The molecule has 2 nitrogen and oxygen atoms in total. The lowest BCUT2D eigenvalue weighted by Crippen LogP contribution is -2.23. The Labute approximate surface area is 125 Å². The zero-order chi connectivity index (χ0) is 14.8. The van der Waals surface area contributed by atoms with Gasteiger partial charge >= 0.3 is 0 Å². The Bertz CT molecular complexity index is 622. The van der Waals surface area contributed by atoms with Gasteiger partial charge in [-0.2, -0.15) is 0 Å². The average Bonchev–Trinajstić information content (AvgIpc) is 2.88. The highest BCUT2D eigenvalue weighted by Gasteiger charge is 2.20. The molecule has 2 aromatic rings. The van der Waals surface area contributed by atoms with Crippen molar-refractivity contribution in [3.05, 3.63) is 59.4 Å². The summed E-state index contributed by atoms with van der Waals surface area (Å²) in [6, 6.07) is 13.2. The van der Waals surface area contributed by atoms with Crippen LogP contribution >= 0.6 is 0 Å². The molecule has 1 aliphatic rings. The summed E-state index contributed by atoms with van der Waals surface area (Å²) in [5.74, 6) is 0.329. The largest absolute Gasteiger partial charge is 0.399 e. The van der Waals surface area contributed by atoms with E-state index in [2.05, 4.69) is 24.0 Å². The van der Waals surface area contributed by atoms with Crippen LogP contribution in [0.1, 0.15) is 30.4 Å². The number of fused-ring (bicyclic) bond motifs is 1. The van der Waals surface area contributed by atoms with Crippen LogP contribution < -0.4 is 10.6 Å². The van der Waals surface area contributed by atoms with Crippen LogP contribution in [0.2, 0.25) is 0 Å². The lowest BCUT2D eigenvalue weighted by molar-refractivity contribution is 0.625. The minimum absolute atomic E-state index is 0.146. The molecule has 3 heteroatoms. The number of nitrogens with two attached hydrogens (primary N) is 1. The van der Waals surface area contributed by atoms with Gasteiger partial charge in [-0.3, -0.25) is 0 Å². The number of halogens is 1. The highest BCUT2D eigenvalue weighted by molar-refractivity contribution is 5.58. The molecule has 0 radical (unpaired) electrons. The molecule has 21 heavy (non-hydrogen) atoms. The first-order chi connectivity index (χ1) is 10.1. The van der Waals surface area contributed by atoms with Crippen molar-refractivity contribution in [2.45, 2.75) is 25.7 Å². The molecule has 0 aromatic heterocycles. The number of nitrogen functional groups attached to an aromatic ring is 1. The van der Waals surface area contributed by atoms with Gasteiger partial charge in [-0.15, -0.1) is 0 Å². The molecule has 0 saturated heterocycles. The van der Waals surface area contributed by atoms with Crippen LogP contribution in [0.3, 0.4) is 0 Å². The van der Waals surface area contributed by atoms with E-state index in [4.69, 9.17) is 5.73 Å². The predicted octanol–water partition coefficient (Wildman–Crippen LogP) is 3.96. The van der Waals surface area contributed by atoms with E-state index in [0.29, 0.717) is 5.92 Å². The molecule has 1 unspecified atom stereocenters. The van der Waals surface area contributed by atoms with E-state index in [1.54, 1.807) is 12.1 Å². The maximum atomic E-state index is 13.4. The number of benzene rings is 2. The van der Waals surface area contributed by atoms with Gasteiger partial charge in [0.25, 0.3) is 0 Å². The number of rotatable bonds is 4. The van der Waals surface area contributed by atoms with Gasteiger partial charge < -0.3 is 10.6 Å². The Morgan fingerprint density at radius 1 is 1.19 bits per heavy atom. The first kappa shape index (κ1) is 13.9. The van der Waals surface area contributed by atoms with Crippen molar-refractivity contribution >= 4 is 11.4 Å². The quantitative estimate of drug-likeness (QED) is 0.861. The van der Waals surface area contributed by atoms with Crippen LogP contribution in [-0.2, 0) is 6.42 Å². The molecule has 1 heterocycles. The molecule has 2 aromatic carbocycles. The molecule has 0 bridgehead atoms. The topological polar surface area (TPSA) is 29.3 Å². The number of hydrogen-bond donors (Lipinski definition) is 1. The average molecular weight is 284 g/mol. The van der Waals surface area contributed by atoms with E-state index in [-0.39, 0.29) is 5.82 Å². The van der Waals surface area contributed by atoms with Crippen LogP contribution in [0, 0.1) is 5.82 Å². The van der Waals surface area contributed by atoms with Crippen molar-refractivity contribution in [2.24, 2.45) is 0 Å². The second-order valence-electron chi connectivity index (χ2n) is 5.87. The molecule has 3 rings (SSSR count). The van der Waals surface area contributed by atoms with Gasteiger partial charge in [-0.05, 0) is 54.2 Å². The Hall–Kier alpha value is -2.03. The van der Waals surface area contributed by atoms with Crippen molar-refractivity contribution in [1.82, 2.24) is 0 Å². The third-order valence-electron chi connectivity index (χ3n) is 4.38. The summed E-state index contributed by atoms with van der Waals surface area (Å²) in [5.41, 5.74) is 10.2. The minimum Gasteiger partial charge on any atom is -0.399 e. The number of hydrogen-bond acceptors (Lipinski definition) is 2. The van der Waals surface area contributed by atoms with Gasteiger partial charge in [-0.25, -0.2) is 4.39 Å². The van der Waals surface area contributed by atoms with Gasteiger partial charge in [0.2, 0.25) is 0 Å². The standard InChI is InChI=1S/C18H21FN2/c1-13(14-3-6-17(20)7-4-14)8-10-21-11-9-15-2-5-16(19)12-18(15)21/h2-7,12-13H,8-11,20H2,1H3. The second-order valence-corrected chi connectivity index (χ2v) is 5.87. The molecular formula is C18H21FN2. The molecule has 0 spiro atoms. The van der Waals surface area contributed by atoms with E-state index >= 15 is 0 Å². The zero-order valence-corrected chi connectivity index (χ0v) is 12.3. The summed E-state index contributed by atoms with van der Waals surface area (Å²) in [4.78, 5) is 2.30. The van der Waals surface area contributed by atoms with E-state index in [1.165, 1.54) is 11.1 Å². The van der Waals surface area contributed by atoms with Crippen LogP contribution in [-0.4, -0.2) is 13.1 Å². The van der Waals surface area contributed by atoms with E-state index in [9.17, 15) is 4.39 Å². The van der Waals surface area contributed by atoms with Gasteiger partial charge in [0.15, 0.2) is 0 Å². The molecule has 0 amide bonds. The Balaban J connectivity index is 1.64. The molecule has 110 valence electrons. The van der Waals surface area contributed by atoms with Gasteiger partial charge in [0, 0.05) is 24.5 Å². The first-order valence-corrected chi connectivity index (χ1v) is 7.52. The van der Waals surface area contributed by atoms with E-state index in [1.807, 2.05) is 18.2 Å². The summed E-state index contributed by atoms with van der Waals surface area (Å²) in [5, 5.41) is 0. The lowest BCUT2D eigenvalue weighted by Gasteiger charge is -2.22. The SMILES string of the molecule is CC(CCN1CCc2ccc(F)cc21)c1ccc(N)cc1. The molecule has 0 fully saturated rings. The van der Waals surface area contributed by atoms with Crippen LogP contribution in [0.4, 0.5) is 15.8 Å². The van der Waals surface area contributed by atoms with Crippen molar-refractivity contribution in [1.29, 1.82) is 0 Å². The van der Waals surface area contributed by atoms with Crippen molar-refractivity contribution < 1.29 is 4.39 Å². The van der Waals surface area contributed by atoms with E-state index in [0.717, 1.165) is 37.3 Å². The van der Waals surface area contributed by atoms with Gasteiger partial charge in [0.05, 0.1) is 0 Å². The monoisotopic (exact) mass is 284 g/mol. The summed E-state index contributed by atoms with van der Waals surface area (Å²) in [7, 11) is 0. The Morgan fingerprint density at radius 3 is 2.71 bits per heavy atom. The number of anilines is 2. The number of nitrogens with zero attached hydrogens (tertiary/aromatic N) is 1. The molecule has 2 N–H and O–H groups in total. The molecular weight excluding hydrogens is 263 g/mol. The van der Waals surface area contributed by atoms with Crippen LogP contribution in [0.15, 0.2) is 42.5 Å².